The molecule has 6 aromatic carbocycles. The Hall–Kier alpha value is -5.08. The average molecular weight is 512 g/mol. The molecule has 0 amide bonds. The molecule has 40 heavy (non-hydrogen) atoms. The third kappa shape index (κ3) is 3.05. The van der Waals surface area contributed by atoms with Crippen LogP contribution >= 0.6 is 0 Å². The molecule has 188 valence electrons. The Balaban J connectivity index is 1.23. The lowest BCUT2D eigenvalue weighted by atomic mass is 9.83. The van der Waals surface area contributed by atoms with Gasteiger partial charge in [0.25, 0.3) is 0 Å². The van der Waals surface area contributed by atoms with Gasteiger partial charge in [0.1, 0.15) is 11.2 Å². The number of para-hydroxylation sites is 2. The Morgan fingerprint density at radius 2 is 1.23 bits per heavy atom. The van der Waals surface area contributed by atoms with Crippen molar-refractivity contribution < 1.29 is 4.42 Å². The quantitative estimate of drug-likeness (QED) is 0.226. The van der Waals surface area contributed by atoms with Crippen molar-refractivity contribution in [2.75, 3.05) is 0 Å². The molecular formula is C38H25NO. The number of hydrogen-bond acceptors (Lipinski definition) is 1. The van der Waals surface area contributed by atoms with Crippen molar-refractivity contribution in [2.24, 2.45) is 0 Å². The summed E-state index contributed by atoms with van der Waals surface area (Å²) in [6.07, 6.45) is 2.20. The zero-order valence-electron chi connectivity index (χ0n) is 21.9. The van der Waals surface area contributed by atoms with E-state index in [9.17, 15) is 0 Å². The summed E-state index contributed by atoms with van der Waals surface area (Å²) in [4.78, 5) is 0. The summed E-state index contributed by atoms with van der Waals surface area (Å²) >= 11 is 0. The smallest absolute Gasteiger partial charge is 0.135 e. The minimum atomic E-state index is 0.928. The van der Waals surface area contributed by atoms with Crippen LogP contribution in [0.25, 0.3) is 71.7 Å². The molecule has 2 aromatic heterocycles. The van der Waals surface area contributed by atoms with Gasteiger partial charge < -0.3 is 8.98 Å². The molecule has 0 atom stereocenters. The molecule has 0 fully saturated rings. The van der Waals surface area contributed by atoms with Crippen LogP contribution in [-0.2, 0) is 12.8 Å². The van der Waals surface area contributed by atoms with Crippen LogP contribution < -0.4 is 0 Å². The van der Waals surface area contributed by atoms with Crippen LogP contribution in [0, 0.1) is 0 Å². The second-order valence-electron chi connectivity index (χ2n) is 10.9. The van der Waals surface area contributed by atoms with E-state index in [0.29, 0.717) is 0 Å². The van der Waals surface area contributed by atoms with Gasteiger partial charge in [-0.15, -0.1) is 0 Å². The molecule has 0 N–H and O–H groups in total. The highest BCUT2D eigenvalue weighted by atomic mass is 16.3. The molecule has 0 aliphatic heterocycles. The van der Waals surface area contributed by atoms with Crippen LogP contribution in [0.4, 0.5) is 0 Å². The lowest BCUT2D eigenvalue weighted by Gasteiger charge is -2.21. The normalized spacial score (nSPS) is 12.8. The first kappa shape index (κ1) is 21.8. The number of benzene rings is 6. The van der Waals surface area contributed by atoms with Gasteiger partial charge in [0, 0.05) is 27.2 Å². The molecule has 0 saturated carbocycles. The van der Waals surface area contributed by atoms with E-state index in [2.05, 4.69) is 120 Å². The van der Waals surface area contributed by atoms with E-state index in [1.54, 1.807) is 0 Å². The van der Waals surface area contributed by atoms with Crippen molar-refractivity contribution in [3.63, 3.8) is 0 Å². The Labute approximate surface area is 231 Å². The van der Waals surface area contributed by atoms with Crippen molar-refractivity contribution in [3.05, 3.63) is 139 Å². The number of nitrogens with zero attached hydrogens (tertiary/aromatic N) is 1. The maximum Gasteiger partial charge on any atom is 0.135 e. The number of furan rings is 1. The van der Waals surface area contributed by atoms with Crippen LogP contribution in [0.5, 0.6) is 0 Å². The largest absolute Gasteiger partial charge is 0.456 e. The zero-order valence-corrected chi connectivity index (χ0v) is 21.9. The fraction of sp³-hybridized carbons (Fsp3) is 0.0526. The summed E-state index contributed by atoms with van der Waals surface area (Å²) < 4.78 is 8.48. The summed E-state index contributed by atoms with van der Waals surface area (Å²) in [5, 5.41) is 4.99. The first-order chi connectivity index (χ1) is 19.8. The number of hydrogen-bond donors (Lipinski definition) is 0. The summed E-state index contributed by atoms with van der Waals surface area (Å²) in [5.74, 6) is 0. The fourth-order valence-corrected chi connectivity index (χ4v) is 6.86. The predicted molar refractivity (Wildman–Crippen MR) is 166 cm³/mol. The van der Waals surface area contributed by atoms with Crippen LogP contribution in [0.2, 0.25) is 0 Å². The Bertz CT molecular complexity index is 2260. The Morgan fingerprint density at radius 1 is 0.500 bits per heavy atom. The Kier molecular flexibility index (Phi) is 4.48. The van der Waals surface area contributed by atoms with E-state index in [4.69, 9.17) is 4.42 Å². The standard InChI is InChI=1S/C38H25NO/c1-2-8-29-25(7-1)13-14-26-17-21-34-38(37(26)29)31-10-3-5-11-33(31)39(34)28-19-15-24(16-20-28)27-18-22-36-32(23-27)30-9-4-6-12-35(30)40-36/h1-12,15-23H,13-14H2. The third-order valence-corrected chi connectivity index (χ3v) is 8.71. The first-order valence-electron chi connectivity index (χ1n) is 14.0. The van der Waals surface area contributed by atoms with Crippen LogP contribution in [-0.4, -0.2) is 4.57 Å². The fourth-order valence-electron chi connectivity index (χ4n) is 6.86. The van der Waals surface area contributed by atoms with Crippen molar-refractivity contribution >= 4 is 43.7 Å². The van der Waals surface area contributed by atoms with Crippen LogP contribution in [0.1, 0.15) is 11.1 Å². The molecule has 2 nitrogen and oxygen atoms in total. The molecule has 8 aromatic rings. The van der Waals surface area contributed by atoms with Gasteiger partial charge >= 0.3 is 0 Å². The van der Waals surface area contributed by atoms with Crippen LogP contribution in [0.15, 0.2) is 132 Å². The second-order valence-corrected chi connectivity index (χ2v) is 10.9. The summed E-state index contributed by atoms with van der Waals surface area (Å²) in [5.41, 5.74) is 13.6. The van der Waals surface area contributed by atoms with E-state index in [1.165, 1.54) is 60.9 Å². The molecule has 9 rings (SSSR count). The predicted octanol–water partition coefficient (Wildman–Crippen LogP) is 10.1. The monoisotopic (exact) mass is 511 g/mol. The SMILES string of the molecule is c1ccc2c(c1)CCc1ccc3c(c1-2)c1ccccc1n3-c1ccc(-c2ccc3oc4ccccc4c3c2)cc1. The molecule has 0 radical (unpaired) electrons. The molecule has 0 bridgehead atoms. The van der Waals surface area contributed by atoms with Gasteiger partial charge in [-0.25, -0.2) is 0 Å². The highest BCUT2D eigenvalue weighted by Gasteiger charge is 2.22. The first-order valence-corrected chi connectivity index (χ1v) is 14.0. The molecule has 0 saturated heterocycles. The minimum absolute atomic E-state index is 0.928. The van der Waals surface area contributed by atoms with Crippen molar-refractivity contribution in [3.8, 4) is 27.9 Å². The van der Waals surface area contributed by atoms with Crippen molar-refractivity contribution in [2.45, 2.75) is 12.8 Å². The van der Waals surface area contributed by atoms with Crippen LogP contribution in [0.3, 0.4) is 0 Å². The molecule has 2 heterocycles. The van der Waals surface area contributed by atoms with Gasteiger partial charge in [-0.2, -0.15) is 0 Å². The number of aryl methyl sites for hydroxylation is 2. The summed E-state index contributed by atoms with van der Waals surface area (Å²) in [7, 11) is 0. The minimum Gasteiger partial charge on any atom is -0.456 e. The van der Waals surface area contributed by atoms with Gasteiger partial charge in [-0.1, -0.05) is 84.9 Å². The van der Waals surface area contributed by atoms with Gasteiger partial charge in [0.2, 0.25) is 0 Å². The second kappa shape index (κ2) is 8.21. The van der Waals surface area contributed by atoms with E-state index in [0.717, 1.165) is 34.8 Å². The van der Waals surface area contributed by atoms with Gasteiger partial charge in [-0.05, 0) is 88.7 Å². The number of rotatable bonds is 2. The summed E-state index contributed by atoms with van der Waals surface area (Å²) in [6.45, 7) is 0. The Morgan fingerprint density at radius 3 is 2.15 bits per heavy atom. The van der Waals surface area contributed by atoms with Gasteiger partial charge in [0.05, 0.1) is 11.0 Å². The third-order valence-electron chi connectivity index (χ3n) is 8.71. The zero-order chi connectivity index (χ0) is 26.2. The van der Waals surface area contributed by atoms with Crippen molar-refractivity contribution in [1.82, 2.24) is 4.57 Å². The highest BCUT2D eigenvalue weighted by molar-refractivity contribution is 6.17. The summed E-state index contributed by atoms with van der Waals surface area (Å²) in [6, 6.07) is 46.2. The maximum absolute atomic E-state index is 6.05. The van der Waals surface area contributed by atoms with Gasteiger partial charge in [-0.3, -0.25) is 0 Å². The number of aromatic nitrogens is 1. The van der Waals surface area contributed by atoms with Gasteiger partial charge in [0.15, 0.2) is 0 Å². The van der Waals surface area contributed by atoms with E-state index in [-0.39, 0.29) is 0 Å². The molecule has 1 aliphatic carbocycles. The van der Waals surface area contributed by atoms with E-state index >= 15 is 0 Å². The highest BCUT2D eigenvalue weighted by Crippen LogP contribution is 2.44. The molecule has 0 unspecified atom stereocenters. The topological polar surface area (TPSA) is 18.1 Å². The average Bonchev–Trinajstić information content (AvgIpc) is 3.56. The van der Waals surface area contributed by atoms with E-state index in [1.807, 2.05) is 12.1 Å². The molecule has 1 aliphatic rings. The molecule has 2 heteroatoms. The number of fused-ring (bicyclic) bond motifs is 10. The lowest BCUT2D eigenvalue weighted by molar-refractivity contribution is 0.669. The maximum atomic E-state index is 6.05. The molecular weight excluding hydrogens is 486 g/mol. The molecule has 0 spiro atoms. The van der Waals surface area contributed by atoms with E-state index < -0.39 is 0 Å². The lowest BCUT2D eigenvalue weighted by Crippen LogP contribution is -2.04. The van der Waals surface area contributed by atoms with Crippen molar-refractivity contribution in [1.29, 1.82) is 0 Å².